The summed E-state index contributed by atoms with van der Waals surface area (Å²) in [6.45, 7) is 4.00. The van der Waals surface area contributed by atoms with Crippen LogP contribution in [0.3, 0.4) is 0 Å². The minimum Gasteiger partial charge on any atom is -0.348 e. The number of hydrogen-bond donors (Lipinski definition) is 1. The third-order valence-electron chi connectivity index (χ3n) is 5.11. The second-order valence-electron chi connectivity index (χ2n) is 7.03. The van der Waals surface area contributed by atoms with E-state index in [1.165, 1.54) is 54.0 Å². The Morgan fingerprint density at radius 2 is 1.78 bits per heavy atom. The highest BCUT2D eigenvalue weighted by atomic mass is 32.1. The minimum absolute atomic E-state index is 0.0213. The number of nitrogens with one attached hydrogen (secondary N) is 1. The zero-order chi connectivity index (χ0) is 18.5. The van der Waals surface area contributed by atoms with Crippen molar-refractivity contribution in [2.75, 3.05) is 13.1 Å². The Hall–Kier alpha value is -2.43. The van der Waals surface area contributed by atoms with Crippen molar-refractivity contribution in [3.8, 4) is 11.1 Å². The summed E-state index contributed by atoms with van der Waals surface area (Å²) in [6.07, 6.45) is 2.64. The van der Waals surface area contributed by atoms with Crippen LogP contribution in [0.4, 0.5) is 0 Å². The number of nitrogens with zero attached hydrogens (tertiary/aromatic N) is 1. The van der Waals surface area contributed by atoms with Crippen molar-refractivity contribution in [2.24, 2.45) is 0 Å². The van der Waals surface area contributed by atoms with Gasteiger partial charge in [-0.2, -0.15) is 11.3 Å². The van der Waals surface area contributed by atoms with Crippen LogP contribution in [-0.2, 0) is 13.1 Å². The summed E-state index contributed by atoms with van der Waals surface area (Å²) in [5, 5.41) is 6.83. The molecule has 4 heteroatoms. The Bertz CT molecular complexity index is 881. The molecule has 0 bridgehead atoms. The summed E-state index contributed by atoms with van der Waals surface area (Å²) >= 11 is 1.54. The Labute approximate surface area is 164 Å². The van der Waals surface area contributed by atoms with Crippen LogP contribution >= 0.6 is 11.3 Å². The first kappa shape index (κ1) is 18.0. The maximum absolute atomic E-state index is 12.2. The van der Waals surface area contributed by atoms with Crippen molar-refractivity contribution in [2.45, 2.75) is 25.9 Å². The summed E-state index contributed by atoms with van der Waals surface area (Å²) in [7, 11) is 0. The molecule has 3 aromatic rings. The molecule has 2 aromatic carbocycles. The molecule has 27 heavy (non-hydrogen) atoms. The fourth-order valence-electron chi connectivity index (χ4n) is 3.62. The van der Waals surface area contributed by atoms with Crippen molar-refractivity contribution in [1.29, 1.82) is 0 Å². The molecule has 3 nitrogen and oxygen atoms in total. The number of hydrogen-bond acceptors (Lipinski definition) is 3. The van der Waals surface area contributed by atoms with Crippen LogP contribution < -0.4 is 5.32 Å². The second kappa shape index (κ2) is 8.51. The Morgan fingerprint density at radius 1 is 1.00 bits per heavy atom. The molecule has 0 saturated carbocycles. The number of carbonyl (C=O) groups is 1. The van der Waals surface area contributed by atoms with Gasteiger partial charge in [0.2, 0.25) is 0 Å². The van der Waals surface area contributed by atoms with Gasteiger partial charge in [0, 0.05) is 24.0 Å². The molecule has 1 aliphatic heterocycles. The molecule has 1 saturated heterocycles. The lowest BCUT2D eigenvalue weighted by Gasteiger charge is -2.15. The highest BCUT2D eigenvalue weighted by Crippen LogP contribution is 2.25. The average Bonchev–Trinajstić information content (AvgIpc) is 3.41. The quantitative estimate of drug-likeness (QED) is 0.661. The van der Waals surface area contributed by atoms with E-state index in [-0.39, 0.29) is 5.91 Å². The van der Waals surface area contributed by atoms with Gasteiger partial charge in [-0.3, -0.25) is 9.69 Å². The summed E-state index contributed by atoms with van der Waals surface area (Å²) in [6, 6.07) is 19.0. The fraction of sp³-hybridized carbons (Fsp3) is 0.261. The van der Waals surface area contributed by atoms with Gasteiger partial charge in [0.05, 0.1) is 0 Å². The molecular weight excluding hydrogens is 352 g/mol. The molecule has 1 N–H and O–H groups in total. The number of rotatable bonds is 6. The van der Waals surface area contributed by atoms with Crippen LogP contribution in [0, 0.1) is 0 Å². The predicted octanol–water partition coefficient (Wildman–Crippen LogP) is 4.94. The maximum Gasteiger partial charge on any atom is 0.252 e. The van der Waals surface area contributed by atoms with Crippen LogP contribution in [-0.4, -0.2) is 23.9 Å². The highest BCUT2D eigenvalue weighted by Gasteiger charge is 2.12. The van der Waals surface area contributed by atoms with Crippen LogP contribution in [0.2, 0.25) is 0 Å². The van der Waals surface area contributed by atoms with Gasteiger partial charge in [0.1, 0.15) is 0 Å². The first-order valence-corrected chi connectivity index (χ1v) is 10.4. The second-order valence-corrected chi connectivity index (χ2v) is 7.81. The van der Waals surface area contributed by atoms with E-state index in [2.05, 4.69) is 52.7 Å². The lowest BCUT2D eigenvalue weighted by molar-refractivity contribution is 0.0951. The molecule has 2 heterocycles. The SMILES string of the molecule is O=C(NCc1ccccc1-c1ccc(CN2CCCC2)cc1)c1ccsc1. The summed E-state index contributed by atoms with van der Waals surface area (Å²) in [5.41, 5.74) is 5.59. The van der Waals surface area contributed by atoms with Gasteiger partial charge >= 0.3 is 0 Å². The Balaban J connectivity index is 1.46. The minimum atomic E-state index is -0.0213. The summed E-state index contributed by atoms with van der Waals surface area (Å²) < 4.78 is 0. The first-order valence-electron chi connectivity index (χ1n) is 9.49. The van der Waals surface area contributed by atoms with Crippen molar-refractivity contribution >= 4 is 17.2 Å². The van der Waals surface area contributed by atoms with Crippen molar-refractivity contribution in [1.82, 2.24) is 10.2 Å². The van der Waals surface area contributed by atoms with Gasteiger partial charge in [-0.15, -0.1) is 0 Å². The number of thiophene rings is 1. The van der Waals surface area contributed by atoms with E-state index in [1.807, 2.05) is 22.9 Å². The van der Waals surface area contributed by atoms with E-state index in [1.54, 1.807) is 0 Å². The monoisotopic (exact) mass is 376 g/mol. The summed E-state index contributed by atoms with van der Waals surface area (Å²) in [5.74, 6) is -0.0213. The number of likely N-dealkylation sites (tertiary alicyclic amines) is 1. The van der Waals surface area contributed by atoms with E-state index in [0.717, 1.165) is 17.7 Å². The highest BCUT2D eigenvalue weighted by molar-refractivity contribution is 7.08. The van der Waals surface area contributed by atoms with Gasteiger partial charge in [-0.1, -0.05) is 48.5 Å². The molecular formula is C23H24N2OS. The smallest absolute Gasteiger partial charge is 0.252 e. The van der Waals surface area contributed by atoms with Crippen LogP contribution in [0.25, 0.3) is 11.1 Å². The molecule has 1 aliphatic rings. The van der Waals surface area contributed by atoms with Gasteiger partial charge in [-0.25, -0.2) is 0 Å². The number of benzene rings is 2. The number of amides is 1. The number of carbonyl (C=O) groups excluding carboxylic acids is 1. The van der Waals surface area contributed by atoms with Gasteiger partial charge < -0.3 is 5.32 Å². The predicted molar refractivity (Wildman–Crippen MR) is 112 cm³/mol. The zero-order valence-corrected chi connectivity index (χ0v) is 16.2. The van der Waals surface area contributed by atoms with Gasteiger partial charge in [-0.05, 0) is 59.6 Å². The molecule has 0 aliphatic carbocycles. The van der Waals surface area contributed by atoms with Crippen LogP contribution in [0.5, 0.6) is 0 Å². The summed E-state index contributed by atoms with van der Waals surface area (Å²) in [4.78, 5) is 14.7. The van der Waals surface area contributed by atoms with E-state index in [4.69, 9.17) is 0 Å². The molecule has 4 rings (SSSR count). The lowest BCUT2D eigenvalue weighted by Crippen LogP contribution is -2.22. The topological polar surface area (TPSA) is 32.3 Å². The van der Waals surface area contributed by atoms with Crippen LogP contribution in [0.15, 0.2) is 65.4 Å². The molecule has 1 fully saturated rings. The van der Waals surface area contributed by atoms with E-state index in [9.17, 15) is 4.79 Å². The molecule has 1 amide bonds. The third-order valence-corrected chi connectivity index (χ3v) is 5.79. The average molecular weight is 377 g/mol. The van der Waals surface area contributed by atoms with E-state index in [0.29, 0.717) is 6.54 Å². The zero-order valence-electron chi connectivity index (χ0n) is 15.4. The molecule has 0 radical (unpaired) electrons. The van der Waals surface area contributed by atoms with Crippen LogP contribution in [0.1, 0.15) is 34.3 Å². The van der Waals surface area contributed by atoms with Crippen molar-refractivity contribution < 1.29 is 4.79 Å². The molecule has 138 valence electrons. The molecule has 0 atom stereocenters. The normalized spacial score (nSPS) is 14.4. The fourth-order valence-corrected chi connectivity index (χ4v) is 4.25. The Kier molecular flexibility index (Phi) is 5.66. The largest absolute Gasteiger partial charge is 0.348 e. The van der Waals surface area contributed by atoms with Crippen molar-refractivity contribution in [3.05, 3.63) is 82.0 Å². The molecule has 0 unspecified atom stereocenters. The van der Waals surface area contributed by atoms with E-state index >= 15 is 0 Å². The lowest BCUT2D eigenvalue weighted by atomic mass is 9.98. The standard InChI is InChI=1S/C23H24N2OS/c26-23(21-11-14-27-17-21)24-15-20-5-1-2-6-22(20)19-9-7-18(8-10-19)16-25-12-3-4-13-25/h1-2,5-11,14,17H,3-4,12-13,15-16H2,(H,24,26). The van der Waals surface area contributed by atoms with Crippen molar-refractivity contribution in [3.63, 3.8) is 0 Å². The van der Waals surface area contributed by atoms with Gasteiger partial charge in [0.25, 0.3) is 5.91 Å². The Morgan fingerprint density at radius 3 is 2.52 bits per heavy atom. The molecule has 1 aromatic heterocycles. The third kappa shape index (κ3) is 4.46. The molecule has 0 spiro atoms. The first-order chi connectivity index (χ1) is 13.3. The van der Waals surface area contributed by atoms with E-state index < -0.39 is 0 Å². The maximum atomic E-state index is 12.2. The van der Waals surface area contributed by atoms with Gasteiger partial charge in [0.15, 0.2) is 0 Å².